The summed E-state index contributed by atoms with van der Waals surface area (Å²) in [4.78, 5) is 20.8. The summed E-state index contributed by atoms with van der Waals surface area (Å²) in [6.45, 7) is 2.79. The Bertz CT molecular complexity index is 749. The lowest BCUT2D eigenvalue weighted by molar-refractivity contribution is -0.137. The summed E-state index contributed by atoms with van der Waals surface area (Å²) in [5.41, 5.74) is 0.432. The molecule has 0 saturated carbocycles. The van der Waals surface area contributed by atoms with E-state index < -0.39 is 17.7 Å². The second-order valence-electron chi connectivity index (χ2n) is 6.33. The van der Waals surface area contributed by atoms with Crippen LogP contribution in [0, 0.1) is 5.92 Å². The van der Waals surface area contributed by atoms with E-state index >= 15 is 0 Å². The van der Waals surface area contributed by atoms with Crippen molar-refractivity contribution in [3.05, 3.63) is 59.7 Å². The number of halogens is 3. The fraction of sp³-hybridized carbons (Fsp3) is 0.389. The molecule has 0 aliphatic carbocycles. The predicted molar refractivity (Wildman–Crippen MR) is 89.1 cm³/mol. The number of pyridine rings is 2. The molecule has 8 heteroatoms. The van der Waals surface area contributed by atoms with Gasteiger partial charge < -0.3 is 10.6 Å². The summed E-state index contributed by atoms with van der Waals surface area (Å²) in [7, 11) is 0. The number of hydrogen-bond acceptors (Lipinski definition) is 4. The van der Waals surface area contributed by atoms with Gasteiger partial charge >= 0.3 is 6.18 Å². The van der Waals surface area contributed by atoms with Gasteiger partial charge in [-0.1, -0.05) is 6.07 Å². The van der Waals surface area contributed by atoms with Crippen LogP contribution in [0.15, 0.2) is 42.7 Å². The van der Waals surface area contributed by atoms with Gasteiger partial charge in [-0.2, -0.15) is 13.2 Å². The molecule has 1 saturated heterocycles. The molecule has 5 nitrogen and oxygen atoms in total. The maximum Gasteiger partial charge on any atom is 0.417 e. The van der Waals surface area contributed by atoms with Gasteiger partial charge in [0, 0.05) is 37.1 Å². The number of hydrogen-bond donors (Lipinski definition) is 2. The Morgan fingerprint density at radius 1 is 1.23 bits per heavy atom. The first kappa shape index (κ1) is 18.3. The first-order valence-electron chi connectivity index (χ1n) is 8.31. The van der Waals surface area contributed by atoms with Gasteiger partial charge in [-0.25, -0.2) is 0 Å². The molecule has 1 fully saturated rings. The zero-order chi connectivity index (χ0) is 18.7. The van der Waals surface area contributed by atoms with Crippen LogP contribution >= 0.6 is 0 Å². The van der Waals surface area contributed by atoms with E-state index in [0.717, 1.165) is 18.0 Å². The Morgan fingerprint density at radius 3 is 2.65 bits per heavy atom. The van der Waals surface area contributed by atoms with Gasteiger partial charge in [-0.15, -0.1) is 0 Å². The number of nitrogens with zero attached hydrogens (tertiary/aromatic N) is 2. The quantitative estimate of drug-likeness (QED) is 0.875. The predicted octanol–water partition coefficient (Wildman–Crippen LogP) is 2.68. The maximum absolute atomic E-state index is 12.7. The SMILES string of the molecule is C[C@H](NC(=O)[C@@H]1CNC[C@H]1c1ccc(C(F)(F)F)cn1)c1ccccn1. The van der Waals surface area contributed by atoms with E-state index in [0.29, 0.717) is 18.8 Å². The smallest absolute Gasteiger partial charge is 0.348 e. The van der Waals surface area contributed by atoms with E-state index in [4.69, 9.17) is 0 Å². The van der Waals surface area contributed by atoms with Crippen molar-refractivity contribution in [2.45, 2.75) is 25.1 Å². The fourth-order valence-electron chi connectivity index (χ4n) is 3.08. The van der Waals surface area contributed by atoms with Gasteiger partial charge in [0.1, 0.15) is 0 Å². The molecule has 3 atom stereocenters. The fourth-order valence-corrected chi connectivity index (χ4v) is 3.08. The summed E-state index contributed by atoms with van der Waals surface area (Å²) in [6, 6.07) is 7.56. The molecule has 3 rings (SSSR count). The molecule has 1 amide bonds. The average molecular weight is 364 g/mol. The van der Waals surface area contributed by atoms with Crippen molar-refractivity contribution in [2.75, 3.05) is 13.1 Å². The minimum atomic E-state index is -4.42. The van der Waals surface area contributed by atoms with Gasteiger partial charge in [-0.3, -0.25) is 14.8 Å². The van der Waals surface area contributed by atoms with Crippen molar-refractivity contribution in [3.8, 4) is 0 Å². The zero-order valence-corrected chi connectivity index (χ0v) is 14.1. The van der Waals surface area contributed by atoms with E-state index in [-0.39, 0.29) is 17.9 Å². The highest BCUT2D eigenvalue weighted by Gasteiger charge is 2.36. The Hall–Kier alpha value is -2.48. The molecule has 2 N–H and O–H groups in total. The third kappa shape index (κ3) is 4.01. The molecule has 0 unspecified atom stereocenters. The molecule has 2 aromatic rings. The molecular weight excluding hydrogens is 345 g/mol. The Balaban J connectivity index is 1.70. The topological polar surface area (TPSA) is 66.9 Å². The van der Waals surface area contributed by atoms with Gasteiger partial charge in [0.05, 0.1) is 23.2 Å². The summed E-state index contributed by atoms with van der Waals surface area (Å²) >= 11 is 0. The van der Waals surface area contributed by atoms with Crippen molar-refractivity contribution in [1.82, 2.24) is 20.6 Å². The minimum absolute atomic E-state index is 0.167. The molecule has 0 radical (unpaired) electrons. The third-order valence-corrected chi connectivity index (χ3v) is 4.53. The lowest BCUT2D eigenvalue weighted by Gasteiger charge is -2.21. The molecule has 2 aromatic heterocycles. The highest BCUT2D eigenvalue weighted by Crippen LogP contribution is 2.31. The van der Waals surface area contributed by atoms with E-state index in [9.17, 15) is 18.0 Å². The molecule has 138 valence electrons. The minimum Gasteiger partial charge on any atom is -0.348 e. The summed E-state index contributed by atoms with van der Waals surface area (Å²) in [6.07, 6.45) is -1.95. The number of nitrogens with one attached hydrogen (secondary N) is 2. The molecule has 3 heterocycles. The Morgan fingerprint density at radius 2 is 2.04 bits per heavy atom. The van der Waals surface area contributed by atoms with E-state index in [1.54, 1.807) is 12.3 Å². The number of alkyl halides is 3. The second-order valence-corrected chi connectivity index (χ2v) is 6.33. The molecule has 0 aromatic carbocycles. The summed E-state index contributed by atoms with van der Waals surface area (Å²) in [5.74, 6) is -0.835. The van der Waals surface area contributed by atoms with Crippen LogP contribution in [0.3, 0.4) is 0 Å². The molecule has 1 aliphatic heterocycles. The Kier molecular flexibility index (Phi) is 5.22. The number of carbonyl (C=O) groups is 1. The van der Waals surface area contributed by atoms with Crippen LogP contribution in [0.5, 0.6) is 0 Å². The van der Waals surface area contributed by atoms with E-state index in [1.807, 2.05) is 19.1 Å². The molecule has 0 spiro atoms. The number of aromatic nitrogens is 2. The number of rotatable bonds is 4. The molecule has 1 aliphatic rings. The van der Waals surface area contributed by atoms with Crippen LogP contribution in [0.4, 0.5) is 13.2 Å². The normalized spacial score (nSPS) is 21.4. The maximum atomic E-state index is 12.7. The molecule has 26 heavy (non-hydrogen) atoms. The average Bonchev–Trinajstić information content (AvgIpc) is 3.11. The van der Waals surface area contributed by atoms with Crippen LogP contribution in [-0.4, -0.2) is 29.0 Å². The van der Waals surface area contributed by atoms with Crippen molar-refractivity contribution in [2.24, 2.45) is 5.92 Å². The standard InChI is InChI=1S/C18H19F3N4O/c1-11(15-4-2-3-7-23-15)25-17(26)14-10-22-9-13(14)16-6-5-12(8-24-16)18(19,20)21/h2-8,11,13-14,22H,9-10H2,1H3,(H,25,26)/t11-,13+,14+/m0/s1. The zero-order valence-electron chi connectivity index (χ0n) is 14.1. The van der Waals surface area contributed by atoms with Gasteiger partial charge in [0.15, 0.2) is 0 Å². The lowest BCUT2D eigenvalue weighted by atomic mass is 9.91. The first-order chi connectivity index (χ1) is 12.4. The van der Waals surface area contributed by atoms with Crippen LogP contribution in [0.1, 0.15) is 35.8 Å². The van der Waals surface area contributed by atoms with E-state index in [2.05, 4.69) is 20.6 Å². The van der Waals surface area contributed by atoms with Crippen molar-refractivity contribution in [1.29, 1.82) is 0 Å². The number of carbonyl (C=O) groups excluding carboxylic acids is 1. The first-order valence-corrected chi connectivity index (χ1v) is 8.31. The van der Waals surface area contributed by atoms with Crippen LogP contribution in [0.25, 0.3) is 0 Å². The monoisotopic (exact) mass is 364 g/mol. The van der Waals surface area contributed by atoms with Gasteiger partial charge in [-0.05, 0) is 31.2 Å². The summed E-state index contributed by atoms with van der Waals surface area (Å²) < 4.78 is 38.1. The highest BCUT2D eigenvalue weighted by atomic mass is 19.4. The molecule has 0 bridgehead atoms. The van der Waals surface area contributed by atoms with Crippen molar-refractivity contribution in [3.63, 3.8) is 0 Å². The van der Waals surface area contributed by atoms with Crippen LogP contribution in [0.2, 0.25) is 0 Å². The molecular formula is C18H19F3N4O. The summed E-state index contributed by atoms with van der Waals surface area (Å²) in [5, 5.41) is 6.05. The van der Waals surface area contributed by atoms with Crippen LogP contribution in [-0.2, 0) is 11.0 Å². The lowest BCUT2D eigenvalue weighted by Crippen LogP contribution is -2.36. The Labute approximate surface area is 149 Å². The van der Waals surface area contributed by atoms with Gasteiger partial charge in [0.2, 0.25) is 5.91 Å². The van der Waals surface area contributed by atoms with E-state index in [1.165, 1.54) is 6.07 Å². The number of amides is 1. The van der Waals surface area contributed by atoms with Crippen molar-refractivity contribution < 1.29 is 18.0 Å². The second kappa shape index (κ2) is 7.41. The van der Waals surface area contributed by atoms with Crippen molar-refractivity contribution >= 4 is 5.91 Å². The highest BCUT2D eigenvalue weighted by molar-refractivity contribution is 5.80. The van der Waals surface area contributed by atoms with Crippen LogP contribution < -0.4 is 10.6 Å². The third-order valence-electron chi connectivity index (χ3n) is 4.53. The van der Waals surface area contributed by atoms with Gasteiger partial charge in [0.25, 0.3) is 0 Å². The largest absolute Gasteiger partial charge is 0.417 e.